The molecule has 0 fully saturated rings. The normalized spacial score (nSPS) is 10.5. The van der Waals surface area contributed by atoms with Crippen molar-refractivity contribution in [3.05, 3.63) is 53.5 Å². The highest BCUT2D eigenvalue weighted by molar-refractivity contribution is 6.08. The second-order valence-corrected chi connectivity index (χ2v) is 4.88. The van der Waals surface area contributed by atoms with Gasteiger partial charge in [-0.1, -0.05) is 11.2 Å². The minimum absolute atomic E-state index is 0.0939. The maximum atomic E-state index is 12.6. The molecule has 0 atom stereocenters. The number of nitrogens with one attached hydrogen (secondary N) is 1. The maximum absolute atomic E-state index is 12.6. The first-order valence-corrected chi connectivity index (χ1v) is 6.98. The molecule has 3 aromatic rings. The average molecular weight is 327 g/mol. The number of nitrogens with zero attached hydrogens (tertiary/aromatic N) is 2. The van der Waals surface area contributed by atoms with Gasteiger partial charge in [-0.15, -0.1) is 0 Å². The number of aromatic nitrogens is 2. The lowest BCUT2D eigenvalue weighted by Crippen LogP contribution is -2.25. The van der Waals surface area contributed by atoms with E-state index in [1.165, 1.54) is 7.11 Å². The Kier molecular flexibility index (Phi) is 4.11. The zero-order valence-electron chi connectivity index (χ0n) is 12.6. The molecule has 0 aliphatic carbocycles. The molecule has 0 aliphatic heterocycles. The van der Waals surface area contributed by atoms with Crippen LogP contribution in [0.25, 0.3) is 10.9 Å². The number of hydrogen-bond acceptors (Lipinski definition) is 6. The molecule has 0 spiro atoms. The molecule has 0 bridgehead atoms. The van der Waals surface area contributed by atoms with Crippen molar-refractivity contribution in [2.45, 2.75) is 6.54 Å². The molecule has 24 heavy (non-hydrogen) atoms. The predicted octanol–water partition coefficient (Wildman–Crippen LogP) is 1.86. The van der Waals surface area contributed by atoms with Gasteiger partial charge in [0.25, 0.3) is 5.91 Å². The summed E-state index contributed by atoms with van der Waals surface area (Å²) in [5.41, 5.74) is 0.797. The van der Waals surface area contributed by atoms with Crippen LogP contribution in [0.15, 0.2) is 41.2 Å². The number of ether oxygens (including phenoxy) is 1. The fourth-order valence-corrected chi connectivity index (χ4v) is 2.33. The van der Waals surface area contributed by atoms with Gasteiger partial charge >= 0.3 is 5.97 Å². The van der Waals surface area contributed by atoms with Crippen LogP contribution in [-0.2, 0) is 6.54 Å². The fourth-order valence-electron chi connectivity index (χ4n) is 2.33. The first kappa shape index (κ1) is 15.5. The first-order chi connectivity index (χ1) is 11.6. The number of benzene rings is 1. The number of carbonyl (C=O) groups excluding carboxylic acids is 1. The molecule has 8 nitrogen and oxygen atoms in total. The molecule has 1 amide bonds. The SMILES string of the molecule is COc1ccc2cccnc2c1C(=O)NCc1nocc1C(=O)O. The van der Waals surface area contributed by atoms with Crippen LogP contribution in [0.3, 0.4) is 0 Å². The number of carbonyl (C=O) groups is 2. The van der Waals surface area contributed by atoms with Crippen LogP contribution in [0, 0.1) is 0 Å². The van der Waals surface area contributed by atoms with E-state index in [2.05, 4.69) is 20.0 Å². The summed E-state index contributed by atoms with van der Waals surface area (Å²) >= 11 is 0. The number of fused-ring (bicyclic) bond motifs is 1. The van der Waals surface area contributed by atoms with E-state index in [0.29, 0.717) is 11.3 Å². The molecule has 0 saturated carbocycles. The second-order valence-electron chi connectivity index (χ2n) is 4.88. The molecule has 0 radical (unpaired) electrons. The minimum Gasteiger partial charge on any atom is -0.496 e. The predicted molar refractivity (Wildman–Crippen MR) is 82.9 cm³/mol. The Bertz CT molecular complexity index is 919. The summed E-state index contributed by atoms with van der Waals surface area (Å²) < 4.78 is 9.89. The van der Waals surface area contributed by atoms with E-state index >= 15 is 0 Å². The monoisotopic (exact) mass is 327 g/mol. The van der Waals surface area contributed by atoms with Gasteiger partial charge in [-0.25, -0.2) is 4.79 Å². The van der Waals surface area contributed by atoms with Crippen molar-refractivity contribution in [1.82, 2.24) is 15.5 Å². The summed E-state index contributed by atoms with van der Waals surface area (Å²) in [5.74, 6) is -1.25. The lowest BCUT2D eigenvalue weighted by atomic mass is 10.1. The molecule has 0 aliphatic rings. The minimum atomic E-state index is -1.18. The number of carboxylic acids is 1. The Hall–Kier alpha value is -3.42. The van der Waals surface area contributed by atoms with Gasteiger partial charge in [0.1, 0.15) is 28.8 Å². The Morgan fingerprint density at radius 2 is 2.17 bits per heavy atom. The van der Waals surface area contributed by atoms with E-state index in [9.17, 15) is 9.59 Å². The van der Waals surface area contributed by atoms with Gasteiger partial charge in [0.2, 0.25) is 0 Å². The van der Waals surface area contributed by atoms with Gasteiger partial charge in [-0.05, 0) is 18.2 Å². The number of amides is 1. The second kappa shape index (κ2) is 6.37. The summed E-state index contributed by atoms with van der Waals surface area (Å²) in [6, 6.07) is 7.08. The summed E-state index contributed by atoms with van der Waals surface area (Å²) in [4.78, 5) is 27.8. The summed E-state index contributed by atoms with van der Waals surface area (Å²) in [6.45, 7) is -0.0939. The van der Waals surface area contributed by atoms with Crippen LogP contribution in [0.2, 0.25) is 0 Å². The van der Waals surface area contributed by atoms with Gasteiger partial charge in [0.15, 0.2) is 0 Å². The number of aromatic carboxylic acids is 1. The molecule has 2 aromatic heterocycles. The molecule has 0 saturated heterocycles. The van der Waals surface area contributed by atoms with Gasteiger partial charge in [0.05, 0.1) is 19.2 Å². The van der Waals surface area contributed by atoms with E-state index in [0.717, 1.165) is 11.6 Å². The largest absolute Gasteiger partial charge is 0.496 e. The van der Waals surface area contributed by atoms with Gasteiger partial charge < -0.3 is 19.7 Å². The Morgan fingerprint density at radius 3 is 2.92 bits per heavy atom. The number of rotatable bonds is 5. The van der Waals surface area contributed by atoms with Crippen molar-refractivity contribution in [2.75, 3.05) is 7.11 Å². The molecule has 8 heteroatoms. The number of methoxy groups -OCH3 is 1. The molecule has 1 aromatic carbocycles. The van der Waals surface area contributed by atoms with Gasteiger partial charge in [0, 0.05) is 11.6 Å². The van der Waals surface area contributed by atoms with Gasteiger partial charge in [-0.2, -0.15) is 0 Å². The van der Waals surface area contributed by atoms with Crippen molar-refractivity contribution in [3.63, 3.8) is 0 Å². The molecule has 3 rings (SSSR count). The van der Waals surface area contributed by atoms with Crippen LogP contribution in [0.4, 0.5) is 0 Å². The third-order valence-corrected chi connectivity index (χ3v) is 3.47. The lowest BCUT2D eigenvalue weighted by Gasteiger charge is -2.11. The molecular weight excluding hydrogens is 314 g/mol. The lowest BCUT2D eigenvalue weighted by molar-refractivity contribution is 0.0693. The zero-order chi connectivity index (χ0) is 17.1. The van der Waals surface area contributed by atoms with Crippen LogP contribution < -0.4 is 10.1 Å². The van der Waals surface area contributed by atoms with Crippen molar-refractivity contribution in [1.29, 1.82) is 0 Å². The Morgan fingerprint density at radius 1 is 1.33 bits per heavy atom. The highest BCUT2D eigenvalue weighted by Gasteiger charge is 2.20. The van der Waals surface area contributed by atoms with Crippen molar-refractivity contribution in [3.8, 4) is 5.75 Å². The van der Waals surface area contributed by atoms with Crippen molar-refractivity contribution >= 4 is 22.8 Å². The fraction of sp³-hybridized carbons (Fsp3) is 0.125. The van der Waals surface area contributed by atoms with E-state index in [-0.39, 0.29) is 23.4 Å². The van der Waals surface area contributed by atoms with Crippen molar-refractivity contribution < 1.29 is 24.0 Å². The van der Waals surface area contributed by atoms with Crippen LogP contribution >= 0.6 is 0 Å². The summed E-state index contributed by atoms with van der Waals surface area (Å²) in [6.07, 6.45) is 2.60. The number of carboxylic acid groups (broad SMARTS) is 1. The smallest absolute Gasteiger partial charge is 0.341 e. The quantitative estimate of drug-likeness (QED) is 0.735. The average Bonchev–Trinajstić information content (AvgIpc) is 3.07. The highest BCUT2D eigenvalue weighted by atomic mass is 16.5. The van der Waals surface area contributed by atoms with E-state index < -0.39 is 11.9 Å². The van der Waals surface area contributed by atoms with E-state index in [1.54, 1.807) is 24.4 Å². The van der Waals surface area contributed by atoms with Gasteiger partial charge in [-0.3, -0.25) is 9.78 Å². The Balaban J connectivity index is 1.91. The molecule has 2 N–H and O–H groups in total. The number of pyridine rings is 1. The first-order valence-electron chi connectivity index (χ1n) is 6.98. The third kappa shape index (κ3) is 2.76. The highest BCUT2D eigenvalue weighted by Crippen LogP contribution is 2.26. The molecule has 0 unspecified atom stereocenters. The topological polar surface area (TPSA) is 115 Å². The van der Waals surface area contributed by atoms with Crippen LogP contribution in [0.1, 0.15) is 26.4 Å². The standard InChI is InChI=1S/C16H13N3O5/c1-23-12-5-4-9-3-2-6-17-14(9)13(12)15(20)18-7-11-10(16(21)22)8-24-19-11/h2-6,8H,7H2,1H3,(H,18,20)(H,21,22). The van der Waals surface area contributed by atoms with E-state index in [1.807, 2.05) is 6.07 Å². The molecular formula is C16H13N3O5. The van der Waals surface area contributed by atoms with Crippen molar-refractivity contribution in [2.24, 2.45) is 0 Å². The number of hydrogen-bond donors (Lipinski definition) is 2. The molecule has 122 valence electrons. The summed E-state index contributed by atoms with van der Waals surface area (Å²) in [5, 5.41) is 16.0. The Labute approximate surface area is 136 Å². The molecule has 2 heterocycles. The van der Waals surface area contributed by atoms with Crippen LogP contribution in [-0.4, -0.2) is 34.2 Å². The maximum Gasteiger partial charge on any atom is 0.341 e. The van der Waals surface area contributed by atoms with Crippen LogP contribution in [0.5, 0.6) is 5.75 Å². The zero-order valence-corrected chi connectivity index (χ0v) is 12.6. The summed E-state index contributed by atoms with van der Waals surface area (Å²) in [7, 11) is 1.46. The third-order valence-electron chi connectivity index (χ3n) is 3.47. The van der Waals surface area contributed by atoms with E-state index in [4.69, 9.17) is 9.84 Å².